The first-order valence-electron chi connectivity index (χ1n) is 17.2. The summed E-state index contributed by atoms with van der Waals surface area (Å²) >= 11 is 0. The molecule has 266 valence electrons. The predicted octanol–water partition coefficient (Wildman–Crippen LogP) is 12.7. The lowest BCUT2D eigenvalue weighted by Gasteiger charge is -2.05. The van der Waals surface area contributed by atoms with E-state index >= 15 is 0 Å². The summed E-state index contributed by atoms with van der Waals surface area (Å²) in [4.78, 5) is 22.2. The van der Waals surface area contributed by atoms with E-state index in [1.807, 2.05) is 57.2 Å². The molecule has 0 bridgehead atoms. The smallest absolute Gasteiger partial charge is 0.330 e. The van der Waals surface area contributed by atoms with Crippen molar-refractivity contribution in [3.63, 3.8) is 0 Å². The average molecular weight is 667 g/mol. The lowest BCUT2D eigenvalue weighted by Crippen LogP contribution is -1.93. The minimum absolute atomic E-state index is 0.372. The van der Waals surface area contributed by atoms with E-state index < -0.39 is 5.97 Å². The van der Waals surface area contributed by atoms with Crippen molar-refractivity contribution in [2.75, 3.05) is 7.11 Å². The topological polar surface area (TPSA) is 63.6 Å². The Morgan fingerprint density at radius 3 is 1.57 bits per heavy atom. The monoisotopic (exact) mass is 666 g/mol. The second-order valence-electron chi connectivity index (χ2n) is 12.9. The van der Waals surface area contributed by atoms with Crippen LogP contribution in [0.3, 0.4) is 0 Å². The molecular formula is C45H62O4. The van der Waals surface area contributed by atoms with E-state index in [0.29, 0.717) is 0 Å². The Morgan fingerprint density at radius 2 is 1.02 bits per heavy atom. The minimum atomic E-state index is -0.957. The van der Waals surface area contributed by atoms with Crippen molar-refractivity contribution in [2.45, 2.75) is 107 Å². The van der Waals surface area contributed by atoms with Crippen molar-refractivity contribution in [1.82, 2.24) is 0 Å². The van der Waals surface area contributed by atoms with Crippen LogP contribution in [0.25, 0.3) is 0 Å². The van der Waals surface area contributed by atoms with Crippen molar-refractivity contribution in [3.05, 3.63) is 153 Å². The summed E-state index contributed by atoms with van der Waals surface area (Å²) in [6.07, 6.45) is 40.8. The maximum absolute atomic E-state index is 11.6. The lowest BCUT2D eigenvalue weighted by molar-refractivity contribution is -0.135. The molecule has 0 fully saturated rings. The second-order valence-corrected chi connectivity index (χ2v) is 12.9. The lowest BCUT2D eigenvalue weighted by atomic mass is 10.0. The van der Waals surface area contributed by atoms with Crippen LogP contribution in [0.4, 0.5) is 0 Å². The quantitative estimate of drug-likeness (QED) is 0.0573. The summed E-state index contributed by atoms with van der Waals surface area (Å²) in [7, 11) is 1.38. The molecule has 4 heteroatoms. The molecule has 0 aromatic rings. The van der Waals surface area contributed by atoms with Crippen LogP contribution in [0.2, 0.25) is 0 Å². The van der Waals surface area contributed by atoms with Gasteiger partial charge >= 0.3 is 11.9 Å². The predicted molar refractivity (Wildman–Crippen MR) is 212 cm³/mol. The Hall–Kier alpha value is -4.44. The second kappa shape index (κ2) is 27.5. The summed E-state index contributed by atoms with van der Waals surface area (Å²) in [5.74, 6) is -1.33. The van der Waals surface area contributed by atoms with Gasteiger partial charge in [-0.15, -0.1) is 0 Å². The van der Waals surface area contributed by atoms with E-state index in [-0.39, 0.29) is 5.97 Å². The molecule has 0 aromatic carbocycles. The standard InChI is InChI=1S/C45H62O4/c1-35(2)17-13-20-37(4)22-14-23-38(5)24-16-25-39(6)27-30-43(34-42(9)29-32-45(48)49-10)33-41(8)19-12-11-18-36(3)21-15-26-40(7)28-31-44(46)47/h11-12,15,17-19,21-22,24,26-29,31-34H,13-14,16,20,23,25,30H2,1-10H3,(H,46,47)/b12-11+,21-15+,31-28+,32-29+,36-18+,37-22+,38-24+,39-27+,40-26+,41-19+,42-34+,43-33+. The zero-order valence-corrected chi connectivity index (χ0v) is 31.9. The van der Waals surface area contributed by atoms with Gasteiger partial charge in [0.15, 0.2) is 0 Å². The third kappa shape index (κ3) is 28.3. The number of hydrogen-bond acceptors (Lipinski definition) is 3. The molecule has 0 aliphatic heterocycles. The Bertz CT molecular complexity index is 1460. The fourth-order valence-corrected chi connectivity index (χ4v) is 4.47. The largest absolute Gasteiger partial charge is 0.478 e. The third-order valence-electron chi connectivity index (χ3n) is 7.39. The molecule has 0 amide bonds. The molecule has 0 heterocycles. The first-order valence-corrected chi connectivity index (χ1v) is 17.2. The molecule has 0 saturated heterocycles. The van der Waals surface area contributed by atoms with Gasteiger partial charge < -0.3 is 9.84 Å². The molecule has 0 radical (unpaired) electrons. The number of carboxylic acid groups (broad SMARTS) is 1. The average Bonchev–Trinajstić information content (AvgIpc) is 3.03. The van der Waals surface area contributed by atoms with E-state index in [1.165, 1.54) is 35.5 Å². The molecule has 0 aromatic heterocycles. The highest BCUT2D eigenvalue weighted by Crippen LogP contribution is 2.17. The first kappa shape index (κ1) is 44.6. The molecule has 1 N–H and O–H groups in total. The number of carbonyl (C=O) groups excluding carboxylic acids is 1. The van der Waals surface area contributed by atoms with Crippen LogP contribution in [-0.4, -0.2) is 24.2 Å². The number of aliphatic carboxylic acids is 1. The number of ether oxygens (including phenoxy) is 1. The van der Waals surface area contributed by atoms with Crippen LogP contribution in [0.5, 0.6) is 0 Å². The first-order chi connectivity index (χ1) is 23.2. The zero-order valence-electron chi connectivity index (χ0n) is 31.9. The summed E-state index contributed by atoms with van der Waals surface area (Å²) in [5.41, 5.74) is 10.8. The van der Waals surface area contributed by atoms with E-state index in [1.54, 1.807) is 12.2 Å². The van der Waals surface area contributed by atoms with E-state index in [9.17, 15) is 9.59 Å². The molecule has 0 unspecified atom stereocenters. The SMILES string of the molecule is COC(=O)/C=C/C(C)=C/C(=C/C(C)=C/C=C/C=C(C)/C=C/C=C(C)/C=C/C(=O)O)C/C=C(\C)CC/C=C(\C)CC/C=C(\C)CCC=C(C)C. The van der Waals surface area contributed by atoms with Crippen molar-refractivity contribution in [3.8, 4) is 0 Å². The highest BCUT2D eigenvalue weighted by atomic mass is 16.5. The fraction of sp³-hybridized carbons (Fsp3) is 0.378. The van der Waals surface area contributed by atoms with E-state index in [2.05, 4.69) is 84.1 Å². The minimum Gasteiger partial charge on any atom is -0.478 e. The zero-order chi connectivity index (χ0) is 37.0. The molecule has 0 aliphatic carbocycles. The van der Waals surface area contributed by atoms with Crippen LogP contribution in [0, 0.1) is 0 Å². The van der Waals surface area contributed by atoms with Crippen LogP contribution in [-0.2, 0) is 14.3 Å². The van der Waals surface area contributed by atoms with Gasteiger partial charge in [0.25, 0.3) is 0 Å². The van der Waals surface area contributed by atoms with Gasteiger partial charge in [0, 0.05) is 12.2 Å². The van der Waals surface area contributed by atoms with Crippen LogP contribution in [0.15, 0.2) is 153 Å². The summed E-state index contributed by atoms with van der Waals surface area (Å²) in [5, 5.41) is 8.73. The van der Waals surface area contributed by atoms with Crippen molar-refractivity contribution in [1.29, 1.82) is 0 Å². The van der Waals surface area contributed by atoms with Gasteiger partial charge in [0.1, 0.15) is 0 Å². The van der Waals surface area contributed by atoms with Crippen LogP contribution in [0.1, 0.15) is 107 Å². The number of allylic oxidation sites excluding steroid dienone is 24. The van der Waals surface area contributed by atoms with E-state index in [0.717, 1.165) is 78.9 Å². The normalized spacial score (nSPS) is 15.0. The molecule has 0 rings (SSSR count). The summed E-state index contributed by atoms with van der Waals surface area (Å²) in [6, 6.07) is 0. The number of esters is 1. The van der Waals surface area contributed by atoms with Crippen LogP contribution >= 0.6 is 0 Å². The van der Waals surface area contributed by atoms with Crippen molar-refractivity contribution < 1.29 is 19.4 Å². The number of methoxy groups -OCH3 is 1. The van der Waals surface area contributed by atoms with Gasteiger partial charge in [0.2, 0.25) is 0 Å². The molecular weight excluding hydrogens is 604 g/mol. The summed E-state index contributed by atoms with van der Waals surface area (Å²) in [6.45, 7) is 18.9. The Morgan fingerprint density at radius 1 is 0.531 bits per heavy atom. The maximum atomic E-state index is 11.6. The number of carbonyl (C=O) groups is 2. The van der Waals surface area contributed by atoms with Crippen LogP contribution < -0.4 is 0 Å². The van der Waals surface area contributed by atoms with Gasteiger partial charge in [-0.05, 0) is 113 Å². The maximum Gasteiger partial charge on any atom is 0.330 e. The molecule has 4 nitrogen and oxygen atoms in total. The highest BCUT2D eigenvalue weighted by Gasteiger charge is 1.98. The molecule has 0 saturated carbocycles. The van der Waals surface area contributed by atoms with Gasteiger partial charge in [-0.2, -0.15) is 0 Å². The molecule has 0 aliphatic rings. The Kier molecular flexibility index (Phi) is 25.0. The summed E-state index contributed by atoms with van der Waals surface area (Å²) < 4.78 is 4.74. The highest BCUT2D eigenvalue weighted by molar-refractivity contribution is 5.82. The van der Waals surface area contributed by atoms with Gasteiger partial charge in [-0.1, -0.05) is 136 Å². The van der Waals surface area contributed by atoms with Gasteiger partial charge in [-0.25, -0.2) is 9.59 Å². The fourth-order valence-electron chi connectivity index (χ4n) is 4.47. The molecule has 0 spiro atoms. The van der Waals surface area contributed by atoms with Gasteiger partial charge in [0.05, 0.1) is 7.11 Å². The van der Waals surface area contributed by atoms with Crippen molar-refractivity contribution >= 4 is 11.9 Å². The molecule has 49 heavy (non-hydrogen) atoms. The number of carboxylic acids is 1. The number of rotatable bonds is 21. The Labute approximate surface area is 298 Å². The molecule has 0 atom stereocenters. The Balaban J connectivity index is 5.52. The van der Waals surface area contributed by atoms with Gasteiger partial charge in [-0.3, -0.25) is 0 Å². The van der Waals surface area contributed by atoms with Crippen molar-refractivity contribution in [2.24, 2.45) is 0 Å². The van der Waals surface area contributed by atoms with E-state index in [4.69, 9.17) is 9.84 Å². The third-order valence-corrected chi connectivity index (χ3v) is 7.39. The number of hydrogen-bond donors (Lipinski definition) is 1.